The summed E-state index contributed by atoms with van der Waals surface area (Å²) in [5.41, 5.74) is 1.01. The van der Waals surface area contributed by atoms with Gasteiger partial charge in [0.2, 0.25) is 11.8 Å². The van der Waals surface area contributed by atoms with E-state index in [1.807, 2.05) is 30.3 Å². The maximum Gasteiger partial charge on any atom is 0.235 e. The van der Waals surface area contributed by atoms with Crippen molar-refractivity contribution in [1.29, 1.82) is 0 Å². The van der Waals surface area contributed by atoms with Crippen LogP contribution in [-0.4, -0.2) is 64.5 Å². The summed E-state index contributed by atoms with van der Waals surface area (Å²) in [7, 11) is 1.73. The number of aliphatic hydroxyl groups is 1. The van der Waals surface area contributed by atoms with Crippen LogP contribution in [0.3, 0.4) is 0 Å². The van der Waals surface area contributed by atoms with E-state index in [1.165, 1.54) is 11.3 Å². The molecule has 1 aliphatic heterocycles. The predicted octanol–water partition coefficient (Wildman–Crippen LogP) is 1.74. The number of β-amino-alcohol motifs (C(OH)–C–C–N with tert-alkyl or cyclic N) is 1. The molecule has 27 heavy (non-hydrogen) atoms. The van der Waals surface area contributed by atoms with E-state index in [2.05, 4.69) is 15.2 Å². The van der Waals surface area contributed by atoms with Crippen molar-refractivity contribution in [3.05, 3.63) is 47.5 Å². The van der Waals surface area contributed by atoms with Crippen molar-refractivity contribution < 1.29 is 14.7 Å². The third kappa shape index (κ3) is 5.35. The number of anilines is 1. The molecule has 2 heterocycles. The van der Waals surface area contributed by atoms with Gasteiger partial charge in [-0.3, -0.25) is 14.5 Å². The van der Waals surface area contributed by atoms with Crippen LogP contribution < -0.4 is 5.32 Å². The lowest BCUT2D eigenvalue weighted by Gasteiger charge is -2.32. The maximum absolute atomic E-state index is 12.7. The molecule has 2 aromatic rings. The SMILES string of the molecule is CN(C(=O)CC(=O)Nc1nccs1)[C@H](CN1CCC(O)C1)c1ccccc1. The minimum absolute atomic E-state index is 0.184. The van der Waals surface area contributed by atoms with E-state index in [4.69, 9.17) is 0 Å². The molecule has 0 aliphatic carbocycles. The van der Waals surface area contributed by atoms with Crippen LogP contribution in [0.1, 0.15) is 24.4 Å². The Balaban J connectivity index is 1.66. The Hall–Kier alpha value is -2.29. The van der Waals surface area contributed by atoms with E-state index < -0.39 is 0 Å². The first-order valence-corrected chi connectivity index (χ1v) is 9.81. The average molecular weight is 388 g/mol. The molecule has 0 bridgehead atoms. The summed E-state index contributed by atoms with van der Waals surface area (Å²) >= 11 is 1.31. The van der Waals surface area contributed by atoms with Crippen LogP contribution in [0.2, 0.25) is 0 Å². The smallest absolute Gasteiger partial charge is 0.235 e. The second-order valence-corrected chi connectivity index (χ2v) is 7.59. The summed E-state index contributed by atoms with van der Waals surface area (Å²) in [6, 6.07) is 9.59. The Bertz CT molecular complexity index is 754. The number of likely N-dealkylation sites (tertiary alicyclic amines) is 1. The van der Waals surface area contributed by atoms with E-state index >= 15 is 0 Å². The molecule has 2 N–H and O–H groups in total. The number of carbonyl (C=O) groups is 2. The first-order chi connectivity index (χ1) is 13.0. The van der Waals surface area contributed by atoms with Crippen LogP contribution in [0.15, 0.2) is 41.9 Å². The third-order valence-electron chi connectivity index (χ3n) is 4.71. The van der Waals surface area contributed by atoms with Gasteiger partial charge in [-0.15, -0.1) is 11.3 Å². The van der Waals surface area contributed by atoms with Gasteiger partial charge in [0.25, 0.3) is 0 Å². The van der Waals surface area contributed by atoms with Crippen LogP contribution in [0, 0.1) is 0 Å². The Morgan fingerprint density at radius 2 is 2.19 bits per heavy atom. The summed E-state index contributed by atoms with van der Waals surface area (Å²) in [5.74, 6) is -0.622. The number of nitrogens with one attached hydrogen (secondary N) is 1. The minimum atomic E-state index is -0.370. The van der Waals surface area contributed by atoms with E-state index in [9.17, 15) is 14.7 Å². The van der Waals surface area contributed by atoms with Crippen molar-refractivity contribution in [2.24, 2.45) is 0 Å². The zero-order valence-electron chi connectivity index (χ0n) is 15.2. The summed E-state index contributed by atoms with van der Waals surface area (Å²) in [4.78, 5) is 32.6. The molecule has 0 saturated carbocycles. The topological polar surface area (TPSA) is 85.8 Å². The van der Waals surface area contributed by atoms with Crippen LogP contribution >= 0.6 is 11.3 Å². The van der Waals surface area contributed by atoms with Gasteiger partial charge in [0.15, 0.2) is 5.13 Å². The molecule has 1 saturated heterocycles. The van der Waals surface area contributed by atoms with Gasteiger partial charge in [0.1, 0.15) is 6.42 Å². The highest BCUT2D eigenvalue weighted by Crippen LogP contribution is 2.24. The molecule has 1 unspecified atom stereocenters. The van der Waals surface area contributed by atoms with Gasteiger partial charge in [0.05, 0.1) is 12.1 Å². The normalized spacial score (nSPS) is 18.2. The van der Waals surface area contributed by atoms with Gasteiger partial charge >= 0.3 is 0 Å². The highest BCUT2D eigenvalue weighted by atomic mass is 32.1. The molecule has 8 heteroatoms. The molecule has 1 fully saturated rings. The largest absolute Gasteiger partial charge is 0.392 e. The molecule has 3 rings (SSSR count). The molecule has 1 aromatic heterocycles. The van der Waals surface area contributed by atoms with Crippen molar-refractivity contribution in [1.82, 2.24) is 14.8 Å². The van der Waals surface area contributed by atoms with Crippen LogP contribution in [0.4, 0.5) is 5.13 Å². The average Bonchev–Trinajstić information content (AvgIpc) is 3.31. The fourth-order valence-electron chi connectivity index (χ4n) is 3.23. The zero-order chi connectivity index (χ0) is 19.2. The quantitative estimate of drug-likeness (QED) is 0.706. The van der Waals surface area contributed by atoms with Crippen molar-refractivity contribution in [2.45, 2.75) is 25.0 Å². The van der Waals surface area contributed by atoms with Gasteiger partial charge in [0, 0.05) is 38.3 Å². The summed E-state index contributed by atoms with van der Waals surface area (Å²) in [6.45, 7) is 2.03. The molecular weight excluding hydrogens is 364 g/mol. The molecule has 2 amide bonds. The number of likely N-dealkylation sites (N-methyl/N-ethyl adjacent to an activating group) is 1. The number of aliphatic hydroxyl groups excluding tert-OH is 1. The highest BCUT2D eigenvalue weighted by molar-refractivity contribution is 7.13. The zero-order valence-corrected chi connectivity index (χ0v) is 16.1. The number of aromatic nitrogens is 1. The first-order valence-electron chi connectivity index (χ1n) is 8.93. The second kappa shape index (κ2) is 9.07. The van der Waals surface area contributed by atoms with Crippen molar-refractivity contribution in [3.63, 3.8) is 0 Å². The summed E-state index contributed by atoms with van der Waals surface area (Å²) in [5, 5.41) is 14.7. The number of benzene rings is 1. The molecule has 2 atom stereocenters. The number of thiazole rings is 1. The van der Waals surface area contributed by atoms with E-state index in [-0.39, 0.29) is 30.4 Å². The molecule has 1 aliphatic rings. The minimum Gasteiger partial charge on any atom is -0.392 e. The molecular formula is C19H24N4O3S. The van der Waals surface area contributed by atoms with Gasteiger partial charge in [-0.1, -0.05) is 30.3 Å². The highest BCUT2D eigenvalue weighted by Gasteiger charge is 2.28. The number of hydrogen-bond donors (Lipinski definition) is 2. The van der Waals surface area contributed by atoms with Crippen molar-refractivity contribution >= 4 is 28.3 Å². The Morgan fingerprint density at radius 3 is 2.81 bits per heavy atom. The molecule has 1 aromatic carbocycles. The molecule has 7 nitrogen and oxygen atoms in total. The molecule has 0 spiro atoms. The standard InChI is InChI=1S/C19H24N4O3S/c1-22(18(26)11-17(25)21-19-20-8-10-27-19)16(14-5-3-2-4-6-14)13-23-9-7-15(24)12-23/h2-6,8,10,15-16,24H,7,9,11-13H2,1H3,(H,20,21,25)/t15?,16-/m1/s1. The summed E-state index contributed by atoms with van der Waals surface area (Å²) < 4.78 is 0. The monoisotopic (exact) mass is 388 g/mol. The third-order valence-corrected chi connectivity index (χ3v) is 5.40. The fourth-order valence-corrected chi connectivity index (χ4v) is 3.78. The number of nitrogens with zero attached hydrogens (tertiary/aromatic N) is 3. The van der Waals surface area contributed by atoms with Gasteiger partial charge in [-0.2, -0.15) is 0 Å². The van der Waals surface area contributed by atoms with Crippen LogP contribution in [0.5, 0.6) is 0 Å². The van der Waals surface area contributed by atoms with E-state index in [0.29, 0.717) is 18.2 Å². The second-order valence-electron chi connectivity index (χ2n) is 6.70. The number of rotatable bonds is 7. The van der Waals surface area contributed by atoms with Crippen LogP contribution in [0.25, 0.3) is 0 Å². The maximum atomic E-state index is 12.7. The number of amides is 2. The van der Waals surface area contributed by atoms with Gasteiger partial charge in [-0.05, 0) is 12.0 Å². The lowest BCUT2D eigenvalue weighted by Crippen LogP contribution is -2.40. The van der Waals surface area contributed by atoms with Gasteiger partial charge < -0.3 is 15.3 Å². The predicted molar refractivity (Wildman–Crippen MR) is 104 cm³/mol. The number of hydrogen-bond acceptors (Lipinski definition) is 6. The Labute approximate surface area is 162 Å². The van der Waals surface area contributed by atoms with E-state index in [0.717, 1.165) is 18.5 Å². The van der Waals surface area contributed by atoms with Gasteiger partial charge in [-0.25, -0.2) is 4.98 Å². The van der Waals surface area contributed by atoms with Crippen molar-refractivity contribution in [3.8, 4) is 0 Å². The lowest BCUT2D eigenvalue weighted by atomic mass is 10.0. The van der Waals surface area contributed by atoms with E-state index in [1.54, 1.807) is 23.5 Å². The molecule has 144 valence electrons. The summed E-state index contributed by atoms with van der Waals surface area (Å²) in [6.07, 6.45) is 1.80. The first kappa shape index (κ1) is 19.5. The molecule has 0 radical (unpaired) electrons. The fraction of sp³-hybridized carbons (Fsp3) is 0.421. The lowest BCUT2D eigenvalue weighted by molar-refractivity contribution is -0.135. The Morgan fingerprint density at radius 1 is 1.41 bits per heavy atom. The van der Waals surface area contributed by atoms with Crippen LogP contribution in [-0.2, 0) is 9.59 Å². The number of carbonyl (C=O) groups excluding carboxylic acids is 2. The Kier molecular flexibility index (Phi) is 6.54. The van der Waals surface area contributed by atoms with Crippen molar-refractivity contribution in [2.75, 3.05) is 32.0 Å².